The zero-order chi connectivity index (χ0) is 22.8. The van der Waals surface area contributed by atoms with E-state index < -0.39 is 17.4 Å². The van der Waals surface area contributed by atoms with Crippen molar-refractivity contribution in [2.45, 2.75) is 78.3 Å². The molecule has 0 aliphatic heterocycles. The summed E-state index contributed by atoms with van der Waals surface area (Å²) in [6.45, 7) is 10.9. The van der Waals surface area contributed by atoms with Gasteiger partial charge < -0.3 is 14.3 Å². The number of aliphatic carboxylic acids is 1. The van der Waals surface area contributed by atoms with Crippen LogP contribution in [0.3, 0.4) is 0 Å². The molecule has 2 saturated carbocycles. The van der Waals surface area contributed by atoms with Crippen molar-refractivity contribution in [3.8, 4) is 0 Å². The maximum atomic E-state index is 12.7. The number of allylic oxidation sites excluding steroid dienone is 1. The molecule has 2 N–H and O–H groups in total. The van der Waals surface area contributed by atoms with E-state index in [0.29, 0.717) is 18.4 Å². The second kappa shape index (κ2) is 9.19. The number of esters is 1. The third-order valence-electron chi connectivity index (χ3n) is 8.15. The van der Waals surface area contributed by atoms with Gasteiger partial charge in [0.25, 0.3) is 0 Å². The van der Waals surface area contributed by atoms with Crippen molar-refractivity contribution < 1.29 is 23.8 Å². The number of carboxylic acid groups (broad SMARTS) is 1. The summed E-state index contributed by atoms with van der Waals surface area (Å²) in [7, 11) is 1.50. The largest absolute Gasteiger partial charge is 0.480 e. The third-order valence-corrected chi connectivity index (χ3v) is 8.15. The number of rotatable bonds is 8. The van der Waals surface area contributed by atoms with Gasteiger partial charge in [-0.2, -0.15) is 0 Å². The zero-order valence-electron chi connectivity index (χ0n) is 19.3. The Balaban J connectivity index is 1.75. The van der Waals surface area contributed by atoms with E-state index >= 15 is 0 Å². The first-order valence-electron chi connectivity index (χ1n) is 11.4. The van der Waals surface area contributed by atoms with Gasteiger partial charge in [-0.3, -0.25) is 14.9 Å². The molecule has 2 aliphatic carbocycles. The van der Waals surface area contributed by atoms with Crippen LogP contribution in [0.4, 0.5) is 0 Å². The third kappa shape index (κ3) is 4.45. The molecule has 172 valence electrons. The summed E-state index contributed by atoms with van der Waals surface area (Å²) in [5.41, 5.74) is 1.99. The van der Waals surface area contributed by atoms with Crippen molar-refractivity contribution in [3.05, 3.63) is 35.8 Å². The molecule has 0 spiro atoms. The van der Waals surface area contributed by atoms with E-state index in [1.54, 1.807) is 13.2 Å². The Kier molecular flexibility index (Phi) is 6.99. The maximum absolute atomic E-state index is 12.7. The summed E-state index contributed by atoms with van der Waals surface area (Å²) in [6.07, 6.45) is 8.42. The number of furan rings is 1. The SMILES string of the molecule is C=C1CCC2C(C)(C(=O)OC)CCCC2(C)C1CCc1ccoc1CNC(C)C(=O)O. The lowest BCUT2D eigenvalue weighted by Gasteiger charge is -2.57. The molecule has 3 rings (SSSR count). The number of carboxylic acids is 1. The molecular weight excluding hydrogens is 394 g/mol. The lowest BCUT2D eigenvalue weighted by Crippen LogP contribution is -2.53. The smallest absolute Gasteiger partial charge is 0.320 e. The fourth-order valence-corrected chi connectivity index (χ4v) is 6.34. The predicted octanol–water partition coefficient (Wildman–Crippen LogP) is 4.73. The highest BCUT2D eigenvalue weighted by atomic mass is 16.5. The molecule has 1 aromatic heterocycles. The van der Waals surface area contributed by atoms with Crippen LogP contribution in [0.1, 0.15) is 70.6 Å². The van der Waals surface area contributed by atoms with Crippen LogP contribution in [0.15, 0.2) is 28.9 Å². The van der Waals surface area contributed by atoms with Crippen LogP contribution in [0.2, 0.25) is 0 Å². The van der Waals surface area contributed by atoms with Crippen molar-refractivity contribution in [3.63, 3.8) is 0 Å². The van der Waals surface area contributed by atoms with E-state index in [1.807, 2.05) is 6.07 Å². The molecule has 2 fully saturated rings. The second-order valence-corrected chi connectivity index (χ2v) is 9.92. The molecule has 2 aliphatic rings. The van der Waals surface area contributed by atoms with Gasteiger partial charge in [-0.1, -0.05) is 25.5 Å². The van der Waals surface area contributed by atoms with Gasteiger partial charge >= 0.3 is 11.9 Å². The topological polar surface area (TPSA) is 88.8 Å². The number of aryl methyl sites for hydroxylation is 1. The number of nitrogens with one attached hydrogen (secondary N) is 1. The number of fused-ring (bicyclic) bond motifs is 1. The second-order valence-electron chi connectivity index (χ2n) is 9.92. The summed E-state index contributed by atoms with van der Waals surface area (Å²) < 4.78 is 10.9. The molecule has 1 heterocycles. The van der Waals surface area contributed by atoms with Crippen LogP contribution < -0.4 is 5.32 Å². The standard InChI is InChI=1S/C25H37NO5/c1-16-7-10-21-24(3,12-6-13-25(21,4)23(29)30-5)19(16)9-8-18-11-14-31-20(18)15-26-17(2)22(27)28/h11,14,17,19,21,26H,1,6-10,12-13,15H2,2-5H3,(H,27,28). The molecule has 0 aromatic carbocycles. The molecule has 0 bridgehead atoms. The van der Waals surface area contributed by atoms with Crippen LogP contribution in [-0.4, -0.2) is 30.2 Å². The fourth-order valence-electron chi connectivity index (χ4n) is 6.34. The van der Waals surface area contributed by atoms with Crippen molar-refractivity contribution in [2.75, 3.05) is 7.11 Å². The first-order valence-corrected chi connectivity index (χ1v) is 11.4. The van der Waals surface area contributed by atoms with Gasteiger partial charge in [0.2, 0.25) is 0 Å². The number of carbonyl (C=O) groups is 2. The van der Waals surface area contributed by atoms with Crippen LogP contribution in [0, 0.1) is 22.7 Å². The molecule has 6 nitrogen and oxygen atoms in total. The molecule has 0 amide bonds. The van der Waals surface area contributed by atoms with Crippen LogP contribution in [-0.2, 0) is 27.3 Å². The Morgan fingerprint density at radius 2 is 2.13 bits per heavy atom. The van der Waals surface area contributed by atoms with Crippen molar-refractivity contribution in [1.82, 2.24) is 5.32 Å². The summed E-state index contributed by atoms with van der Waals surface area (Å²) in [6, 6.07) is 1.35. The van der Waals surface area contributed by atoms with E-state index in [-0.39, 0.29) is 11.4 Å². The average molecular weight is 432 g/mol. The van der Waals surface area contributed by atoms with Gasteiger partial charge in [0.15, 0.2) is 0 Å². The van der Waals surface area contributed by atoms with Gasteiger partial charge in [-0.25, -0.2) is 0 Å². The van der Waals surface area contributed by atoms with E-state index in [0.717, 1.165) is 56.3 Å². The molecule has 5 unspecified atom stereocenters. The highest BCUT2D eigenvalue weighted by Gasteiger charge is 2.57. The number of hydrogen-bond donors (Lipinski definition) is 2. The lowest BCUT2D eigenvalue weighted by atomic mass is 9.46. The first-order chi connectivity index (χ1) is 14.6. The molecule has 5 atom stereocenters. The van der Waals surface area contributed by atoms with Gasteiger partial charge in [0, 0.05) is 0 Å². The Hall–Kier alpha value is -2.08. The highest BCUT2D eigenvalue weighted by molar-refractivity contribution is 5.77. The van der Waals surface area contributed by atoms with E-state index in [9.17, 15) is 9.59 Å². The van der Waals surface area contributed by atoms with E-state index in [2.05, 4.69) is 25.7 Å². The average Bonchev–Trinajstić information content (AvgIpc) is 3.17. The summed E-state index contributed by atoms with van der Waals surface area (Å²) in [4.78, 5) is 23.8. The molecule has 1 aromatic rings. The van der Waals surface area contributed by atoms with Gasteiger partial charge in [0.1, 0.15) is 11.8 Å². The van der Waals surface area contributed by atoms with Crippen LogP contribution >= 0.6 is 0 Å². The van der Waals surface area contributed by atoms with Gasteiger partial charge in [0.05, 0.1) is 25.3 Å². The van der Waals surface area contributed by atoms with Gasteiger partial charge in [-0.15, -0.1) is 0 Å². The molecule has 6 heteroatoms. The zero-order valence-corrected chi connectivity index (χ0v) is 19.3. The first kappa shape index (κ1) is 23.6. The minimum atomic E-state index is -0.878. The minimum absolute atomic E-state index is 0.0243. The van der Waals surface area contributed by atoms with Crippen molar-refractivity contribution in [1.29, 1.82) is 0 Å². The summed E-state index contributed by atoms with van der Waals surface area (Å²) >= 11 is 0. The number of carbonyl (C=O) groups excluding carboxylic acids is 1. The molecule has 0 radical (unpaired) electrons. The van der Waals surface area contributed by atoms with Crippen LogP contribution in [0.5, 0.6) is 0 Å². The maximum Gasteiger partial charge on any atom is 0.320 e. The lowest BCUT2D eigenvalue weighted by molar-refractivity contribution is -0.168. The Morgan fingerprint density at radius 1 is 1.39 bits per heavy atom. The van der Waals surface area contributed by atoms with Crippen molar-refractivity contribution >= 4 is 11.9 Å². The monoisotopic (exact) mass is 431 g/mol. The van der Waals surface area contributed by atoms with Crippen molar-refractivity contribution in [2.24, 2.45) is 22.7 Å². The normalized spacial score (nSPS) is 31.7. The fraction of sp³-hybridized carbons (Fsp3) is 0.680. The quantitative estimate of drug-likeness (QED) is 0.457. The number of hydrogen-bond acceptors (Lipinski definition) is 5. The number of ether oxygens (including phenoxy) is 1. The minimum Gasteiger partial charge on any atom is -0.480 e. The predicted molar refractivity (Wildman–Crippen MR) is 118 cm³/mol. The highest BCUT2D eigenvalue weighted by Crippen LogP contribution is 2.62. The Bertz CT molecular complexity index is 830. The molecule has 0 saturated heterocycles. The van der Waals surface area contributed by atoms with Gasteiger partial charge in [-0.05, 0) is 81.3 Å². The van der Waals surface area contributed by atoms with E-state index in [1.165, 1.54) is 12.7 Å². The molecule has 31 heavy (non-hydrogen) atoms. The summed E-state index contributed by atoms with van der Waals surface area (Å²) in [5, 5.41) is 12.1. The van der Waals surface area contributed by atoms with E-state index in [4.69, 9.17) is 14.3 Å². The Morgan fingerprint density at radius 3 is 2.81 bits per heavy atom. The molecular formula is C25H37NO5. The number of methoxy groups -OCH3 is 1. The summed E-state index contributed by atoms with van der Waals surface area (Å²) in [5.74, 6) is 0.462. The Labute approximate surface area is 185 Å². The van der Waals surface area contributed by atoms with Crippen LogP contribution in [0.25, 0.3) is 0 Å².